The maximum Gasteiger partial charge on any atom is 0.263 e. The largest absolute Gasteiger partial charge is 0.312 e. The van der Waals surface area contributed by atoms with Crippen LogP contribution in [0.1, 0.15) is 49.7 Å². The first-order valence-electron chi connectivity index (χ1n) is 6.83. The van der Waals surface area contributed by atoms with Crippen LogP contribution >= 0.6 is 0 Å². The summed E-state index contributed by atoms with van der Waals surface area (Å²) in [6.45, 7) is 1.70. The molecule has 1 aliphatic carbocycles. The maximum atomic E-state index is 12.5. The fourth-order valence-electron chi connectivity index (χ4n) is 2.65. The van der Waals surface area contributed by atoms with E-state index >= 15 is 0 Å². The van der Waals surface area contributed by atoms with Crippen molar-refractivity contribution in [1.82, 2.24) is 5.32 Å². The van der Waals surface area contributed by atoms with Crippen LogP contribution in [-0.2, 0) is 6.54 Å². The Labute approximate surface area is 108 Å². The number of alkyl halides is 2. The van der Waals surface area contributed by atoms with Crippen LogP contribution in [0.25, 0.3) is 0 Å². The molecular formula is C15H21F2N. The third kappa shape index (κ3) is 4.05. The van der Waals surface area contributed by atoms with Crippen LogP contribution in [0.15, 0.2) is 24.3 Å². The monoisotopic (exact) mass is 253 g/mol. The number of rotatable bonds is 5. The summed E-state index contributed by atoms with van der Waals surface area (Å²) in [5.74, 6) is 0.775. The first kappa shape index (κ1) is 13.5. The van der Waals surface area contributed by atoms with Crippen LogP contribution in [0, 0.1) is 5.92 Å². The van der Waals surface area contributed by atoms with Gasteiger partial charge in [-0.2, -0.15) is 0 Å². The van der Waals surface area contributed by atoms with E-state index in [1.54, 1.807) is 12.1 Å². The zero-order valence-electron chi connectivity index (χ0n) is 10.7. The normalized spacial score (nSPS) is 17.3. The molecule has 18 heavy (non-hydrogen) atoms. The lowest BCUT2D eigenvalue weighted by atomic mass is 9.89. The molecule has 0 radical (unpaired) electrons. The fraction of sp³-hybridized carbons (Fsp3) is 0.600. The molecule has 1 aliphatic rings. The molecule has 0 bridgehead atoms. The van der Waals surface area contributed by atoms with E-state index in [9.17, 15) is 8.78 Å². The van der Waals surface area contributed by atoms with Gasteiger partial charge in [0.2, 0.25) is 0 Å². The molecule has 0 heterocycles. The highest BCUT2D eigenvalue weighted by molar-refractivity contribution is 5.24. The van der Waals surface area contributed by atoms with Gasteiger partial charge in [-0.15, -0.1) is 0 Å². The second-order valence-electron chi connectivity index (χ2n) is 5.18. The first-order valence-corrected chi connectivity index (χ1v) is 6.83. The van der Waals surface area contributed by atoms with E-state index in [4.69, 9.17) is 0 Å². The van der Waals surface area contributed by atoms with E-state index in [0.29, 0.717) is 6.54 Å². The number of halogens is 2. The number of hydrogen-bond acceptors (Lipinski definition) is 1. The molecule has 0 aliphatic heterocycles. The smallest absolute Gasteiger partial charge is 0.263 e. The van der Waals surface area contributed by atoms with E-state index in [0.717, 1.165) is 18.0 Å². The number of hydrogen-bond donors (Lipinski definition) is 1. The van der Waals surface area contributed by atoms with Gasteiger partial charge >= 0.3 is 0 Å². The van der Waals surface area contributed by atoms with Gasteiger partial charge in [-0.05, 0) is 36.9 Å². The van der Waals surface area contributed by atoms with Gasteiger partial charge in [0.15, 0.2) is 0 Å². The minimum atomic E-state index is -2.37. The molecule has 0 saturated heterocycles. The van der Waals surface area contributed by atoms with Gasteiger partial charge in [0, 0.05) is 12.1 Å². The quantitative estimate of drug-likeness (QED) is 0.825. The molecule has 0 amide bonds. The van der Waals surface area contributed by atoms with Crippen LogP contribution < -0.4 is 5.32 Å². The number of benzene rings is 1. The Bertz CT molecular complexity index is 359. The molecule has 0 atom stereocenters. The van der Waals surface area contributed by atoms with E-state index in [1.165, 1.54) is 38.2 Å². The first-order chi connectivity index (χ1) is 8.75. The van der Waals surface area contributed by atoms with Crippen molar-refractivity contribution in [3.05, 3.63) is 35.4 Å². The molecule has 1 N–H and O–H groups in total. The number of nitrogens with one attached hydrogen (secondary N) is 1. The highest BCUT2D eigenvalue weighted by Gasteiger charge is 2.12. The fourth-order valence-corrected chi connectivity index (χ4v) is 2.65. The van der Waals surface area contributed by atoms with Crippen LogP contribution in [0.2, 0.25) is 0 Å². The van der Waals surface area contributed by atoms with E-state index in [2.05, 4.69) is 5.32 Å². The molecule has 0 spiro atoms. The van der Waals surface area contributed by atoms with Gasteiger partial charge < -0.3 is 5.32 Å². The summed E-state index contributed by atoms with van der Waals surface area (Å²) in [5.41, 5.74) is 1.07. The average Bonchev–Trinajstić information content (AvgIpc) is 2.40. The topological polar surface area (TPSA) is 12.0 Å². The SMILES string of the molecule is FC(F)c1cccc(CNCC2CCCCC2)c1. The van der Waals surface area contributed by atoms with Gasteiger partial charge in [0.25, 0.3) is 6.43 Å². The third-order valence-electron chi connectivity index (χ3n) is 3.69. The second-order valence-corrected chi connectivity index (χ2v) is 5.18. The zero-order valence-corrected chi connectivity index (χ0v) is 10.7. The van der Waals surface area contributed by atoms with Gasteiger partial charge in [-0.3, -0.25) is 0 Å². The van der Waals surface area contributed by atoms with Crippen molar-refractivity contribution in [1.29, 1.82) is 0 Å². The Morgan fingerprint density at radius 3 is 2.67 bits per heavy atom. The highest BCUT2D eigenvalue weighted by atomic mass is 19.3. The zero-order chi connectivity index (χ0) is 12.8. The Balaban J connectivity index is 1.77. The minimum Gasteiger partial charge on any atom is -0.312 e. The van der Waals surface area contributed by atoms with Crippen molar-refractivity contribution in [2.75, 3.05) is 6.54 Å². The maximum absolute atomic E-state index is 12.5. The van der Waals surface area contributed by atoms with Gasteiger partial charge in [0.05, 0.1) is 0 Å². The lowest BCUT2D eigenvalue weighted by Gasteiger charge is -2.21. The Morgan fingerprint density at radius 2 is 1.94 bits per heavy atom. The Kier molecular flexibility index (Phi) is 5.12. The molecule has 1 nitrogen and oxygen atoms in total. The summed E-state index contributed by atoms with van der Waals surface area (Å²) in [6, 6.07) is 6.69. The van der Waals surface area contributed by atoms with Crippen LogP contribution in [-0.4, -0.2) is 6.54 Å². The average molecular weight is 253 g/mol. The molecule has 1 aromatic carbocycles. The van der Waals surface area contributed by atoms with Crippen LogP contribution in [0.4, 0.5) is 8.78 Å². The molecule has 0 aromatic heterocycles. The van der Waals surface area contributed by atoms with Crippen LogP contribution in [0.3, 0.4) is 0 Å². The molecule has 100 valence electrons. The van der Waals surface area contributed by atoms with Gasteiger partial charge in [-0.1, -0.05) is 37.5 Å². The second kappa shape index (κ2) is 6.83. The van der Waals surface area contributed by atoms with Crippen molar-refractivity contribution >= 4 is 0 Å². The standard InChI is InChI=1S/C15H21F2N/c16-15(17)14-8-4-7-13(9-14)11-18-10-12-5-2-1-3-6-12/h4,7-9,12,15,18H,1-3,5-6,10-11H2. The highest BCUT2D eigenvalue weighted by Crippen LogP contribution is 2.23. The summed E-state index contributed by atoms with van der Waals surface area (Å²) >= 11 is 0. The molecule has 2 rings (SSSR count). The molecule has 3 heteroatoms. The predicted octanol–water partition coefficient (Wildman–Crippen LogP) is 4.29. The molecule has 1 fully saturated rings. The van der Waals surface area contributed by atoms with Crippen molar-refractivity contribution in [2.24, 2.45) is 5.92 Å². The van der Waals surface area contributed by atoms with E-state index in [1.807, 2.05) is 6.07 Å². The van der Waals surface area contributed by atoms with Gasteiger partial charge in [-0.25, -0.2) is 8.78 Å². The van der Waals surface area contributed by atoms with Crippen molar-refractivity contribution in [3.8, 4) is 0 Å². The van der Waals surface area contributed by atoms with Crippen molar-refractivity contribution in [3.63, 3.8) is 0 Å². The summed E-state index contributed by atoms with van der Waals surface area (Å²) in [6.07, 6.45) is 4.30. The summed E-state index contributed by atoms with van der Waals surface area (Å²) < 4.78 is 25.1. The Hall–Kier alpha value is -0.960. The summed E-state index contributed by atoms with van der Waals surface area (Å²) in [5, 5.41) is 3.39. The molecule has 1 saturated carbocycles. The van der Waals surface area contributed by atoms with Crippen molar-refractivity contribution in [2.45, 2.75) is 45.1 Å². The van der Waals surface area contributed by atoms with E-state index < -0.39 is 6.43 Å². The van der Waals surface area contributed by atoms with E-state index in [-0.39, 0.29) is 5.56 Å². The lowest BCUT2D eigenvalue weighted by Crippen LogP contribution is -2.24. The van der Waals surface area contributed by atoms with Crippen molar-refractivity contribution < 1.29 is 8.78 Å². The Morgan fingerprint density at radius 1 is 1.17 bits per heavy atom. The minimum absolute atomic E-state index is 0.118. The lowest BCUT2D eigenvalue weighted by molar-refractivity contribution is 0.151. The third-order valence-corrected chi connectivity index (χ3v) is 3.69. The predicted molar refractivity (Wildman–Crippen MR) is 69.7 cm³/mol. The molecule has 1 aromatic rings. The van der Waals surface area contributed by atoms with Crippen LogP contribution in [0.5, 0.6) is 0 Å². The van der Waals surface area contributed by atoms with Gasteiger partial charge in [0.1, 0.15) is 0 Å². The summed E-state index contributed by atoms with van der Waals surface area (Å²) in [7, 11) is 0. The molecular weight excluding hydrogens is 232 g/mol. The molecule has 0 unspecified atom stereocenters. The summed E-state index contributed by atoms with van der Waals surface area (Å²) in [4.78, 5) is 0.